The number of likely N-dealkylation sites (tertiary alicyclic amines) is 1. The maximum Gasteiger partial charge on any atom is 0.409 e. The molecule has 1 unspecified atom stereocenters. The molecule has 0 spiro atoms. The van der Waals surface area contributed by atoms with Crippen LogP contribution in [0.4, 0.5) is 4.79 Å². The van der Waals surface area contributed by atoms with Crippen molar-refractivity contribution in [2.24, 2.45) is 5.92 Å². The number of aliphatic hydroxyl groups excluding tert-OH is 1. The van der Waals surface area contributed by atoms with Crippen LogP contribution in [0.1, 0.15) is 19.8 Å². The molecule has 1 rings (SSSR count). The molecule has 94 valence electrons. The smallest absolute Gasteiger partial charge is 0.409 e. The van der Waals surface area contributed by atoms with Gasteiger partial charge in [0.15, 0.2) is 0 Å². The maximum atomic E-state index is 11.4. The van der Waals surface area contributed by atoms with Crippen molar-refractivity contribution >= 4 is 6.09 Å². The van der Waals surface area contributed by atoms with Gasteiger partial charge in [-0.15, -0.1) is 0 Å². The van der Waals surface area contributed by atoms with E-state index in [4.69, 9.17) is 4.74 Å². The standard InChI is InChI=1S/C11H22N2O3/c1-3-16-11(15)13-6-4-9(5-7-13)10(14)8-12-2/h9-10,12,14H,3-8H2,1-2H3. The largest absolute Gasteiger partial charge is 0.450 e. The number of piperidine rings is 1. The minimum Gasteiger partial charge on any atom is -0.450 e. The van der Waals surface area contributed by atoms with Crippen LogP contribution in [0.25, 0.3) is 0 Å². The highest BCUT2D eigenvalue weighted by atomic mass is 16.6. The monoisotopic (exact) mass is 230 g/mol. The first kappa shape index (κ1) is 13.3. The van der Waals surface area contributed by atoms with Gasteiger partial charge in [-0.05, 0) is 32.7 Å². The van der Waals surface area contributed by atoms with E-state index >= 15 is 0 Å². The lowest BCUT2D eigenvalue weighted by Gasteiger charge is -2.33. The number of carbonyl (C=O) groups is 1. The Morgan fingerprint density at radius 1 is 1.56 bits per heavy atom. The van der Waals surface area contributed by atoms with Gasteiger partial charge < -0.3 is 20.1 Å². The van der Waals surface area contributed by atoms with Crippen LogP contribution in [-0.4, -0.2) is 55.5 Å². The van der Waals surface area contributed by atoms with E-state index in [9.17, 15) is 9.90 Å². The summed E-state index contributed by atoms with van der Waals surface area (Å²) in [4.78, 5) is 13.1. The highest BCUT2D eigenvalue weighted by molar-refractivity contribution is 5.67. The number of nitrogens with one attached hydrogen (secondary N) is 1. The SMILES string of the molecule is CCOC(=O)N1CCC(C(O)CNC)CC1. The van der Waals surface area contributed by atoms with Crippen molar-refractivity contribution in [1.82, 2.24) is 10.2 Å². The minimum atomic E-state index is -0.311. The Bertz CT molecular complexity index is 215. The minimum absolute atomic E-state index is 0.232. The molecule has 5 nitrogen and oxygen atoms in total. The Hall–Kier alpha value is -0.810. The highest BCUT2D eigenvalue weighted by Gasteiger charge is 2.27. The second-order valence-corrected chi connectivity index (χ2v) is 4.15. The van der Waals surface area contributed by atoms with Gasteiger partial charge in [0.05, 0.1) is 12.7 Å². The molecule has 5 heteroatoms. The molecule has 16 heavy (non-hydrogen) atoms. The van der Waals surface area contributed by atoms with Crippen LogP contribution < -0.4 is 5.32 Å². The summed E-state index contributed by atoms with van der Waals surface area (Å²) >= 11 is 0. The number of rotatable bonds is 4. The molecule has 0 radical (unpaired) electrons. The van der Waals surface area contributed by atoms with Gasteiger partial charge >= 0.3 is 6.09 Å². The molecule has 0 aliphatic carbocycles. The van der Waals surface area contributed by atoms with E-state index in [2.05, 4.69) is 5.32 Å². The number of hydrogen-bond acceptors (Lipinski definition) is 4. The fourth-order valence-electron chi connectivity index (χ4n) is 2.06. The van der Waals surface area contributed by atoms with Crippen LogP contribution in [0.2, 0.25) is 0 Å². The molecular formula is C11H22N2O3. The quantitative estimate of drug-likeness (QED) is 0.735. The number of aliphatic hydroxyl groups is 1. The molecule has 2 N–H and O–H groups in total. The lowest BCUT2D eigenvalue weighted by Crippen LogP contribution is -2.43. The van der Waals surface area contributed by atoms with E-state index < -0.39 is 0 Å². The fourth-order valence-corrected chi connectivity index (χ4v) is 2.06. The summed E-state index contributed by atoms with van der Waals surface area (Å²) < 4.78 is 4.94. The van der Waals surface area contributed by atoms with Gasteiger partial charge in [0.25, 0.3) is 0 Å². The van der Waals surface area contributed by atoms with E-state index in [1.165, 1.54) is 0 Å². The van der Waals surface area contributed by atoms with E-state index in [0.29, 0.717) is 26.2 Å². The molecule has 1 aliphatic rings. The first-order valence-electron chi connectivity index (χ1n) is 5.93. The van der Waals surface area contributed by atoms with E-state index in [1.807, 2.05) is 7.05 Å². The normalized spacial score (nSPS) is 19.6. The average Bonchev–Trinajstić information content (AvgIpc) is 2.30. The Balaban J connectivity index is 2.30. The molecule has 0 aromatic carbocycles. The van der Waals surface area contributed by atoms with Gasteiger partial charge in [-0.2, -0.15) is 0 Å². The van der Waals surface area contributed by atoms with Crippen molar-refractivity contribution in [3.63, 3.8) is 0 Å². The molecule has 1 heterocycles. The summed E-state index contributed by atoms with van der Waals surface area (Å²) in [5, 5.41) is 12.8. The molecule has 0 aromatic heterocycles. The van der Waals surface area contributed by atoms with Gasteiger partial charge in [-0.3, -0.25) is 0 Å². The number of amides is 1. The predicted octanol–water partition coefficient (Wildman–Crippen LogP) is 0.435. The van der Waals surface area contributed by atoms with E-state index in [-0.39, 0.29) is 18.1 Å². The topological polar surface area (TPSA) is 61.8 Å². The number of nitrogens with zero attached hydrogens (tertiary/aromatic N) is 1. The van der Waals surface area contributed by atoms with Crippen LogP contribution >= 0.6 is 0 Å². The molecule has 1 aliphatic heterocycles. The number of likely N-dealkylation sites (N-methyl/N-ethyl adjacent to an activating group) is 1. The third kappa shape index (κ3) is 3.64. The highest BCUT2D eigenvalue weighted by Crippen LogP contribution is 2.20. The van der Waals surface area contributed by atoms with Gasteiger partial charge in [-0.25, -0.2) is 4.79 Å². The molecule has 1 saturated heterocycles. The van der Waals surface area contributed by atoms with E-state index in [0.717, 1.165) is 12.8 Å². The predicted molar refractivity (Wildman–Crippen MR) is 61.3 cm³/mol. The first-order chi connectivity index (χ1) is 7.69. The molecule has 1 amide bonds. The van der Waals surface area contributed by atoms with Crippen LogP contribution in [-0.2, 0) is 4.74 Å². The zero-order valence-electron chi connectivity index (χ0n) is 10.1. The summed E-state index contributed by atoms with van der Waals surface area (Å²) in [5.41, 5.74) is 0. The Labute approximate surface area is 96.8 Å². The van der Waals surface area contributed by atoms with Gasteiger partial charge in [0.1, 0.15) is 0 Å². The zero-order valence-corrected chi connectivity index (χ0v) is 10.1. The molecule has 1 fully saturated rings. The van der Waals surface area contributed by atoms with Crippen molar-refractivity contribution in [2.75, 3.05) is 33.3 Å². The number of carbonyl (C=O) groups excluding carboxylic acids is 1. The number of hydrogen-bond donors (Lipinski definition) is 2. The number of ether oxygens (including phenoxy) is 1. The van der Waals surface area contributed by atoms with Gasteiger partial charge in [-0.1, -0.05) is 0 Å². The molecule has 0 saturated carbocycles. The van der Waals surface area contributed by atoms with Crippen molar-refractivity contribution in [3.8, 4) is 0 Å². The lowest BCUT2D eigenvalue weighted by molar-refractivity contribution is 0.0499. The van der Waals surface area contributed by atoms with Crippen LogP contribution in [0.3, 0.4) is 0 Å². The van der Waals surface area contributed by atoms with Crippen molar-refractivity contribution in [1.29, 1.82) is 0 Å². The third-order valence-corrected chi connectivity index (χ3v) is 3.02. The van der Waals surface area contributed by atoms with Crippen LogP contribution in [0, 0.1) is 5.92 Å². The van der Waals surface area contributed by atoms with Crippen molar-refractivity contribution in [3.05, 3.63) is 0 Å². The van der Waals surface area contributed by atoms with Crippen LogP contribution in [0.15, 0.2) is 0 Å². The molecule has 0 bridgehead atoms. The maximum absolute atomic E-state index is 11.4. The molecular weight excluding hydrogens is 208 g/mol. The summed E-state index contributed by atoms with van der Waals surface area (Å²) in [5.74, 6) is 0.290. The Morgan fingerprint density at radius 2 is 2.19 bits per heavy atom. The van der Waals surface area contributed by atoms with Gasteiger partial charge in [0.2, 0.25) is 0 Å². The van der Waals surface area contributed by atoms with Crippen molar-refractivity contribution in [2.45, 2.75) is 25.9 Å². The summed E-state index contributed by atoms with van der Waals surface area (Å²) in [6.07, 6.45) is 1.15. The summed E-state index contributed by atoms with van der Waals surface area (Å²) in [6.45, 7) is 4.21. The molecule has 1 atom stereocenters. The Morgan fingerprint density at radius 3 is 2.69 bits per heavy atom. The van der Waals surface area contributed by atoms with Gasteiger partial charge in [0, 0.05) is 19.6 Å². The summed E-state index contributed by atoms with van der Waals surface area (Å²) in [6, 6.07) is 0. The Kier molecular flexibility index (Phi) is 5.55. The summed E-state index contributed by atoms with van der Waals surface area (Å²) in [7, 11) is 1.83. The van der Waals surface area contributed by atoms with Crippen molar-refractivity contribution < 1.29 is 14.6 Å². The second kappa shape index (κ2) is 6.70. The third-order valence-electron chi connectivity index (χ3n) is 3.02. The van der Waals surface area contributed by atoms with E-state index in [1.54, 1.807) is 11.8 Å². The average molecular weight is 230 g/mol. The first-order valence-corrected chi connectivity index (χ1v) is 5.93. The second-order valence-electron chi connectivity index (χ2n) is 4.15. The zero-order chi connectivity index (χ0) is 12.0. The fraction of sp³-hybridized carbons (Fsp3) is 0.909. The van der Waals surface area contributed by atoms with Crippen LogP contribution in [0.5, 0.6) is 0 Å². The molecule has 0 aromatic rings. The lowest BCUT2D eigenvalue weighted by atomic mass is 9.91.